The number of nitrogens with one attached hydrogen (secondary N) is 1. The molecule has 2 saturated carbocycles. The number of nitrogens with zero attached hydrogens (tertiary/aromatic N) is 2. The molecule has 1 aromatic rings. The van der Waals surface area contributed by atoms with Crippen molar-refractivity contribution in [2.75, 3.05) is 20.1 Å². The molecule has 1 heterocycles. The first-order valence-electron chi connectivity index (χ1n) is 10.5. The van der Waals surface area contributed by atoms with Gasteiger partial charge < -0.3 is 15.1 Å². The first kappa shape index (κ1) is 20.8. The van der Waals surface area contributed by atoms with Crippen molar-refractivity contribution in [2.45, 2.75) is 62.9 Å². The number of carbonyl (C=O) groups excluding carboxylic acids is 2. The van der Waals surface area contributed by atoms with Crippen molar-refractivity contribution in [1.82, 2.24) is 15.1 Å². The lowest BCUT2D eigenvalue weighted by atomic mass is 9.81. The molecule has 0 radical (unpaired) electrons. The van der Waals surface area contributed by atoms with Gasteiger partial charge in [0.2, 0.25) is 5.91 Å². The summed E-state index contributed by atoms with van der Waals surface area (Å²) < 4.78 is 0. The molecular formula is C22H29Cl2N3O2. The molecule has 29 heavy (non-hydrogen) atoms. The van der Waals surface area contributed by atoms with Crippen LogP contribution in [-0.2, 0) is 10.2 Å². The van der Waals surface area contributed by atoms with Gasteiger partial charge in [-0.2, -0.15) is 0 Å². The van der Waals surface area contributed by atoms with Gasteiger partial charge in [0.25, 0.3) is 0 Å². The third kappa shape index (κ3) is 4.22. The Kier molecular flexibility index (Phi) is 5.73. The topological polar surface area (TPSA) is 52.7 Å². The van der Waals surface area contributed by atoms with Crippen LogP contribution < -0.4 is 5.32 Å². The van der Waals surface area contributed by atoms with E-state index in [9.17, 15) is 9.59 Å². The van der Waals surface area contributed by atoms with Gasteiger partial charge in [0, 0.05) is 49.2 Å². The molecule has 1 saturated heterocycles. The zero-order valence-electron chi connectivity index (χ0n) is 17.1. The minimum atomic E-state index is 0.00947. The zero-order valence-corrected chi connectivity index (χ0v) is 18.6. The van der Waals surface area contributed by atoms with Gasteiger partial charge in [0.15, 0.2) is 0 Å². The Morgan fingerprint density at radius 3 is 2.38 bits per heavy atom. The van der Waals surface area contributed by atoms with E-state index < -0.39 is 0 Å². The minimum Gasteiger partial charge on any atom is -0.343 e. The fraction of sp³-hybridized carbons (Fsp3) is 0.636. The molecule has 3 aliphatic rings. The highest BCUT2D eigenvalue weighted by Gasteiger charge is 2.57. The van der Waals surface area contributed by atoms with Gasteiger partial charge in [-0.15, -0.1) is 0 Å². The number of carbonyl (C=O) groups is 2. The fourth-order valence-corrected chi connectivity index (χ4v) is 5.90. The number of rotatable bonds is 3. The largest absolute Gasteiger partial charge is 0.343 e. The van der Waals surface area contributed by atoms with Crippen LogP contribution in [0.4, 0.5) is 4.79 Å². The molecule has 3 fully saturated rings. The van der Waals surface area contributed by atoms with Gasteiger partial charge in [-0.25, -0.2) is 4.79 Å². The Morgan fingerprint density at radius 2 is 1.79 bits per heavy atom. The summed E-state index contributed by atoms with van der Waals surface area (Å²) in [6.45, 7) is 3.07. The van der Waals surface area contributed by atoms with E-state index in [0.717, 1.165) is 51.6 Å². The zero-order chi connectivity index (χ0) is 20.8. The molecule has 3 amide bonds. The summed E-state index contributed by atoms with van der Waals surface area (Å²) in [5.74, 6) is 0.701. The second-order valence-corrected chi connectivity index (χ2v) is 9.86. The molecule has 158 valence electrons. The van der Waals surface area contributed by atoms with Crippen molar-refractivity contribution in [3.8, 4) is 0 Å². The number of halogens is 2. The molecule has 0 spiro atoms. The Balaban J connectivity index is 1.30. The van der Waals surface area contributed by atoms with Crippen LogP contribution in [0.15, 0.2) is 18.2 Å². The van der Waals surface area contributed by atoms with Crippen LogP contribution in [0.1, 0.15) is 51.0 Å². The van der Waals surface area contributed by atoms with E-state index in [-0.39, 0.29) is 29.4 Å². The predicted molar refractivity (Wildman–Crippen MR) is 115 cm³/mol. The number of urea groups is 1. The third-order valence-corrected chi connectivity index (χ3v) is 7.72. The van der Waals surface area contributed by atoms with Gasteiger partial charge >= 0.3 is 6.03 Å². The van der Waals surface area contributed by atoms with Gasteiger partial charge in [-0.3, -0.25) is 4.79 Å². The Morgan fingerprint density at radius 1 is 1.14 bits per heavy atom. The van der Waals surface area contributed by atoms with E-state index in [0.29, 0.717) is 16.0 Å². The lowest BCUT2D eigenvalue weighted by molar-refractivity contribution is -0.130. The highest BCUT2D eigenvalue weighted by Crippen LogP contribution is 2.62. The van der Waals surface area contributed by atoms with Crippen molar-refractivity contribution >= 4 is 35.1 Å². The minimum absolute atomic E-state index is 0.00947. The van der Waals surface area contributed by atoms with E-state index in [4.69, 9.17) is 23.2 Å². The lowest BCUT2D eigenvalue weighted by Gasteiger charge is -2.37. The van der Waals surface area contributed by atoms with E-state index in [2.05, 4.69) is 5.32 Å². The molecule has 1 aliphatic heterocycles. The fourth-order valence-electron chi connectivity index (χ4n) is 5.37. The van der Waals surface area contributed by atoms with E-state index in [1.54, 1.807) is 13.0 Å². The van der Waals surface area contributed by atoms with E-state index >= 15 is 0 Å². The average molecular weight is 438 g/mol. The van der Waals surface area contributed by atoms with Crippen molar-refractivity contribution in [1.29, 1.82) is 0 Å². The monoisotopic (exact) mass is 437 g/mol. The Hall–Kier alpha value is -1.46. The SMILES string of the molecule is CC(=O)N1CCC(N(C)C(=O)N[C@@H]2CC[C@@]3(c4cc(Cl)cc(Cl)c4)CC3C2)CC1. The molecule has 4 rings (SSSR count). The molecule has 3 atom stereocenters. The van der Waals surface area contributed by atoms with Crippen LogP contribution in [0.5, 0.6) is 0 Å². The maximum atomic E-state index is 12.8. The summed E-state index contributed by atoms with van der Waals surface area (Å²) in [6, 6.07) is 6.31. The number of fused-ring (bicyclic) bond motifs is 1. The van der Waals surface area contributed by atoms with Crippen LogP contribution in [0.2, 0.25) is 10.0 Å². The van der Waals surface area contributed by atoms with Gasteiger partial charge in [-0.1, -0.05) is 23.2 Å². The summed E-state index contributed by atoms with van der Waals surface area (Å²) >= 11 is 12.4. The second-order valence-electron chi connectivity index (χ2n) is 8.98. The maximum absolute atomic E-state index is 12.8. The molecule has 1 aromatic carbocycles. The van der Waals surface area contributed by atoms with Crippen molar-refractivity contribution in [3.63, 3.8) is 0 Å². The summed E-state index contributed by atoms with van der Waals surface area (Å²) in [5, 5.41) is 4.64. The van der Waals surface area contributed by atoms with Gasteiger partial charge in [0.1, 0.15) is 0 Å². The molecule has 1 unspecified atom stereocenters. The third-order valence-electron chi connectivity index (χ3n) is 7.28. The van der Waals surface area contributed by atoms with Crippen LogP contribution >= 0.6 is 23.2 Å². The number of hydrogen-bond donors (Lipinski definition) is 1. The van der Waals surface area contributed by atoms with Crippen LogP contribution in [0.3, 0.4) is 0 Å². The number of hydrogen-bond acceptors (Lipinski definition) is 2. The smallest absolute Gasteiger partial charge is 0.317 e. The second kappa shape index (κ2) is 7.99. The number of piperidine rings is 1. The molecule has 1 N–H and O–H groups in total. The van der Waals surface area contributed by atoms with E-state index in [1.807, 2.05) is 29.0 Å². The Bertz CT molecular complexity index is 789. The summed E-state index contributed by atoms with van der Waals surface area (Å²) in [5.41, 5.74) is 1.44. The van der Waals surface area contributed by atoms with Crippen LogP contribution in [0.25, 0.3) is 0 Å². The first-order valence-corrected chi connectivity index (χ1v) is 11.3. The van der Waals surface area contributed by atoms with Gasteiger partial charge in [0.05, 0.1) is 0 Å². The maximum Gasteiger partial charge on any atom is 0.317 e. The summed E-state index contributed by atoms with van der Waals surface area (Å²) in [6.07, 6.45) is 5.87. The number of amides is 3. The van der Waals surface area contributed by atoms with Crippen molar-refractivity contribution in [2.24, 2.45) is 5.92 Å². The molecule has 2 aliphatic carbocycles. The van der Waals surface area contributed by atoms with Crippen molar-refractivity contribution < 1.29 is 9.59 Å². The highest BCUT2D eigenvalue weighted by molar-refractivity contribution is 6.34. The van der Waals surface area contributed by atoms with Crippen LogP contribution in [0, 0.1) is 5.92 Å². The standard InChI is InChI=1S/C22H29Cl2N3O2/c1-14(28)27-7-4-20(5-8-27)26(2)21(29)25-19-3-6-22(13-16(22)11-19)15-9-17(23)12-18(24)10-15/h9-10,12,16,19-20H,3-8,11,13H2,1-2H3,(H,25,29)/t16?,19-,22+/m1/s1. The quantitative estimate of drug-likeness (QED) is 0.758. The lowest BCUT2D eigenvalue weighted by Crippen LogP contribution is -2.52. The molecule has 0 bridgehead atoms. The molecule has 5 nitrogen and oxygen atoms in total. The molecule has 0 aromatic heterocycles. The number of benzene rings is 1. The normalized spacial score (nSPS) is 29.2. The average Bonchev–Trinajstić information content (AvgIpc) is 3.42. The summed E-state index contributed by atoms with van der Waals surface area (Å²) in [4.78, 5) is 28.0. The molecule has 7 heteroatoms. The molecular weight excluding hydrogens is 409 g/mol. The van der Waals surface area contributed by atoms with E-state index in [1.165, 1.54) is 5.56 Å². The first-order chi connectivity index (χ1) is 13.8. The van der Waals surface area contributed by atoms with Crippen LogP contribution in [-0.4, -0.2) is 54.0 Å². The van der Waals surface area contributed by atoms with Crippen molar-refractivity contribution in [3.05, 3.63) is 33.8 Å². The van der Waals surface area contributed by atoms with Gasteiger partial charge in [-0.05, 0) is 73.6 Å². The summed E-state index contributed by atoms with van der Waals surface area (Å²) in [7, 11) is 1.88. The predicted octanol–water partition coefficient (Wildman–Crippen LogP) is 4.46. The Labute approximate surface area is 182 Å². The highest BCUT2D eigenvalue weighted by atomic mass is 35.5. The number of likely N-dealkylation sites (tertiary alicyclic amines) is 1.